The van der Waals surface area contributed by atoms with E-state index in [9.17, 15) is 10.0 Å². The summed E-state index contributed by atoms with van der Waals surface area (Å²) in [7, 11) is -0.574. The monoisotopic (exact) mass is 355 g/mol. The molecule has 3 rings (SSSR count). The molecular formula is C18H18BNO6. The van der Waals surface area contributed by atoms with Crippen LogP contribution in [0.1, 0.15) is 11.3 Å². The van der Waals surface area contributed by atoms with Crippen LogP contribution in [0.2, 0.25) is 0 Å². The molecule has 0 aliphatic carbocycles. The van der Waals surface area contributed by atoms with E-state index in [4.69, 9.17) is 18.5 Å². The van der Waals surface area contributed by atoms with E-state index in [1.165, 1.54) is 7.11 Å². The number of aryl methyl sites for hydroxylation is 1. The summed E-state index contributed by atoms with van der Waals surface area (Å²) in [4.78, 5) is 4.19. The van der Waals surface area contributed by atoms with Crippen molar-refractivity contribution < 1.29 is 28.6 Å². The van der Waals surface area contributed by atoms with Gasteiger partial charge in [-0.05, 0) is 24.6 Å². The second-order valence-corrected chi connectivity index (χ2v) is 5.50. The molecule has 2 N–H and O–H groups in total. The predicted octanol–water partition coefficient (Wildman–Crippen LogP) is 2.59. The molecule has 0 amide bonds. The van der Waals surface area contributed by atoms with Crippen LogP contribution in [0.15, 0.2) is 53.1 Å². The second-order valence-electron chi connectivity index (χ2n) is 5.50. The number of methoxy groups -OCH3 is 1. The van der Waals surface area contributed by atoms with Crippen LogP contribution >= 0.6 is 0 Å². The van der Waals surface area contributed by atoms with Crippen molar-refractivity contribution in [2.45, 2.75) is 13.5 Å². The van der Waals surface area contributed by atoms with Gasteiger partial charge in [-0.2, -0.15) is 0 Å². The molecule has 0 aliphatic heterocycles. The Labute approximate surface area is 151 Å². The lowest BCUT2D eigenvalue weighted by Crippen LogP contribution is -2.21. The molecule has 1 heterocycles. The minimum atomic E-state index is -2.02. The summed E-state index contributed by atoms with van der Waals surface area (Å²) in [5, 5.41) is 18.4. The van der Waals surface area contributed by atoms with Gasteiger partial charge in [0.05, 0.1) is 13.3 Å². The van der Waals surface area contributed by atoms with Gasteiger partial charge in [0.2, 0.25) is 5.89 Å². The van der Waals surface area contributed by atoms with E-state index in [-0.39, 0.29) is 23.9 Å². The molecule has 0 unspecified atom stereocenters. The number of benzene rings is 2. The zero-order valence-electron chi connectivity index (χ0n) is 14.4. The summed E-state index contributed by atoms with van der Waals surface area (Å²) in [5.41, 5.74) is 1.55. The highest BCUT2D eigenvalue weighted by Gasteiger charge is 2.22. The maximum absolute atomic E-state index is 9.22. The molecule has 0 bridgehead atoms. The number of hydrogen-bond donors (Lipinski definition) is 2. The lowest BCUT2D eigenvalue weighted by atomic mass is 10.1. The molecule has 26 heavy (non-hydrogen) atoms. The van der Waals surface area contributed by atoms with Crippen LogP contribution in [-0.2, 0) is 6.61 Å². The van der Waals surface area contributed by atoms with Crippen LogP contribution in [0, 0.1) is 6.92 Å². The van der Waals surface area contributed by atoms with Gasteiger partial charge in [-0.25, -0.2) is 4.98 Å². The summed E-state index contributed by atoms with van der Waals surface area (Å²) in [6, 6.07) is 12.8. The van der Waals surface area contributed by atoms with Gasteiger partial charge in [-0.1, -0.05) is 30.3 Å². The third-order valence-corrected chi connectivity index (χ3v) is 3.57. The lowest BCUT2D eigenvalue weighted by Gasteiger charge is -2.17. The number of ether oxygens (including phenoxy) is 2. The number of oxazole rings is 1. The Bertz CT molecular complexity index is 865. The summed E-state index contributed by atoms with van der Waals surface area (Å²) in [6.07, 6.45) is 1.61. The van der Waals surface area contributed by atoms with Crippen molar-refractivity contribution in [2.24, 2.45) is 0 Å². The van der Waals surface area contributed by atoms with Crippen LogP contribution in [-0.4, -0.2) is 29.5 Å². The van der Waals surface area contributed by atoms with E-state index in [1.807, 2.05) is 30.3 Å². The normalized spacial score (nSPS) is 10.5. The van der Waals surface area contributed by atoms with E-state index < -0.39 is 7.32 Å². The fourth-order valence-corrected chi connectivity index (χ4v) is 2.40. The summed E-state index contributed by atoms with van der Waals surface area (Å²) in [5.74, 6) is 1.66. The highest BCUT2D eigenvalue weighted by atomic mass is 16.6. The topological polar surface area (TPSA) is 94.2 Å². The van der Waals surface area contributed by atoms with Crippen molar-refractivity contribution in [2.75, 3.05) is 7.11 Å². The SMILES string of the molecule is COc1cc(-c2ncc(C)o2)cc(OCc2ccccc2)c1OB(O)O. The molecule has 0 spiro atoms. The van der Waals surface area contributed by atoms with Gasteiger partial charge in [-0.15, -0.1) is 0 Å². The van der Waals surface area contributed by atoms with Crippen molar-refractivity contribution in [3.8, 4) is 28.7 Å². The minimum Gasteiger partial charge on any atom is -0.506 e. The first-order valence-electron chi connectivity index (χ1n) is 7.91. The zero-order chi connectivity index (χ0) is 18.5. The molecule has 134 valence electrons. The number of aromatic nitrogens is 1. The van der Waals surface area contributed by atoms with E-state index >= 15 is 0 Å². The predicted molar refractivity (Wildman–Crippen MR) is 94.8 cm³/mol. The third-order valence-electron chi connectivity index (χ3n) is 3.57. The van der Waals surface area contributed by atoms with E-state index in [1.54, 1.807) is 25.3 Å². The molecule has 0 radical (unpaired) electrons. The molecule has 1 aromatic heterocycles. The highest BCUT2D eigenvalue weighted by Crippen LogP contribution is 2.42. The molecule has 3 aromatic rings. The molecule has 0 fully saturated rings. The van der Waals surface area contributed by atoms with Gasteiger partial charge in [0.1, 0.15) is 12.4 Å². The standard InChI is InChI=1S/C18H18BNO6/c1-12-10-20-18(25-12)14-8-15(23-2)17(26-19(21)22)16(9-14)24-11-13-6-4-3-5-7-13/h3-10,21-22H,11H2,1-2H3. The molecule has 7 nitrogen and oxygen atoms in total. The summed E-state index contributed by atoms with van der Waals surface area (Å²) >= 11 is 0. The summed E-state index contributed by atoms with van der Waals surface area (Å²) in [6.45, 7) is 2.05. The van der Waals surface area contributed by atoms with Crippen molar-refractivity contribution in [3.63, 3.8) is 0 Å². The second kappa shape index (κ2) is 7.94. The minimum absolute atomic E-state index is 0.0745. The van der Waals surface area contributed by atoms with Crippen molar-refractivity contribution in [1.29, 1.82) is 0 Å². The van der Waals surface area contributed by atoms with Gasteiger partial charge in [-0.3, -0.25) is 0 Å². The number of rotatable bonds is 7. The van der Waals surface area contributed by atoms with Gasteiger partial charge in [0.25, 0.3) is 0 Å². The fraction of sp³-hybridized carbons (Fsp3) is 0.167. The van der Waals surface area contributed by atoms with Crippen molar-refractivity contribution in [1.82, 2.24) is 4.98 Å². The smallest absolute Gasteiger partial charge is 0.506 e. The average Bonchev–Trinajstić information content (AvgIpc) is 3.07. The third kappa shape index (κ3) is 4.16. The van der Waals surface area contributed by atoms with Crippen LogP contribution < -0.4 is 14.1 Å². The Morgan fingerprint density at radius 3 is 2.46 bits per heavy atom. The van der Waals surface area contributed by atoms with Crippen LogP contribution in [0.5, 0.6) is 17.2 Å². The van der Waals surface area contributed by atoms with Gasteiger partial charge < -0.3 is 28.6 Å². The Morgan fingerprint density at radius 2 is 1.85 bits per heavy atom. The molecule has 2 aromatic carbocycles. The van der Waals surface area contributed by atoms with E-state index in [2.05, 4.69) is 4.98 Å². The maximum atomic E-state index is 9.22. The van der Waals surface area contributed by atoms with Crippen molar-refractivity contribution in [3.05, 3.63) is 60.0 Å². The maximum Gasteiger partial charge on any atom is 0.707 e. The Kier molecular flexibility index (Phi) is 5.45. The highest BCUT2D eigenvalue weighted by molar-refractivity contribution is 6.34. The number of hydrogen-bond acceptors (Lipinski definition) is 7. The summed E-state index contributed by atoms with van der Waals surface area (Å²) < 4.78 is 21.8. The number of nitrogens with zero attached hydrogens (tertiary/aromatic N) is 1. The fourth-order valence-electron chi connectivity index (χ4n) is 2.40. The molecule has 0 saturated carbocycles. The molecule has 0 saturated heterocycles. The van der Waals surface area contributed by atoms with E-state index in [0.29, 0.717) is 17.2 Å². The van der Waals surface area contributed by atoms with Crippen LogP contribution in [0.3, 0.4) is 0 Å². The van der Waals surface area contributed by atoms with Crippen LogP contribution in [0.4, 0.5) is 0 Å². The van der Waals surface area contributed by atoms with E-state index in [0.717, 1.165) is 5.56 Å². The Hall–Kier alpha value is -2.97. The van der Waals surface area contributed by atoms with Gasteiger partial charge in [0, 0.05) is 5.56 Å². The first-order valence-corrected chi connectivity index (χ1v) is 7.91. The van der Waals surface area contributed by atoms with Crippen molar-refractivity contribution >= 4 is 7.32 Å². The average molecular weight is 355 g/mol. The molecule has 8 heteroatoms. The van der Waals surface area contributed by atoms with Gasteiger partial charge >= 0.3 is 7.32 Å². The molecule has 0 atom stereocenters. The van der Waals surface area contributed by atoms with Crippen LogP contribution in [0.25, 0.3) is 11.5 Å². The molecular weight excluding hydrogens is 337 g/mol. The largest absolute Gasteiger partial charge is 0.707 e. The van der Waals surface area contributed by atoms with Gasteiger partial charge in [0.15, 0.2) is 17.2 Å². The quantitative estimate of drug-likeness (QED) is 0.629. The lowest BCUT2D eigenvalue weighted by molar-refractivity contribution is 0.254. The first kappa shape index (κ1) is 17.8. The molecule has 0 aliphatic rings. The zero-order valence-corrected chi connectivity index (χ0v) is 14.4. The Balaban J connectivity index is 1.99. The Morgan fingerprint density at radius 1 is 1.12 bits per heavy atom. The first-order chi connectivity index (χ1) is 12.6.